The fourth-order valence-corrected chi connectivity index (χ4v) is 1.62. The quantitative estimate of drug-likeness (QED) is 0.864. The van der Waals surface area contributed by atoms with Gasteiger partial charge in [-0.2, -0.15) is 0 Å². The Bertz CT molecular complexity index is 381. The second-order valence-electron chi connectivity index (χ2n) is 4.00. The van der Waals surface area contributed by atoms with Gasteiger partial charge in [0.1, 0.15) is 11.6 Å². The predicted molar refractivity (Wildman–Crippen MR) is 63.0 cm³/mol. The molecule has 0 fully saturated rings. The Balaban J connectivity index is 2.65. The lowest BCUT2D eigenvalue weighted by atomic mass is 10.00. The molecule has 0 amide bonds. The third-order valence-corrected chi connectivity index (χ3v) is 2.74. The second kappa shape index (κ2) is 5.97. The van der Waals surface area contributed by atoms with Crippen LogP contribution in [-0.2, 0) is 11.2 Å². The van der Waals surface area contributed by atoms with Crippen LogP contribution in [0.25, 0.3) is 0 Å². The van der Waals surface area contributed by atoms with Gasteiger partial charge in [-0.1, -0.05) is 18.5 Å². The molecule has 1 aromatic carbocycles. The fourth-order valence-electron chi connectivity index (χ4n) is 1.44. The topological polar surface area (TPSA) is 43.1 Å². The summed E-state index contributed by atoms with van der Waals surface area (Å²) < 4.78 is 12.9. The van der Waals surface area contributed by atoms with Crippen LogP contribution in [0.3, 0.4) is 0 Å². The van der Waals surface area contributed by atoms with Crippen molar-refractivity contribution in [2.45, 2.75) is 19.8 Å². The van der Waals surface area contributed by atoms with Crippen molar-refractivity contribution in [3.05, 3.63) is 34.6 Å². The number of hydrogen-bond donors (Lipinski definition) is 1. The van der Waals surface area contributed by atoms with Gasteiger partial charge in [-0.25, -0.2) is 4.39 Å². The zero-order valence-corrected chi connectivity index (χ0v) is 9.93. The number of rotatable bonds is 5. The summed E-state index contributed by atoms with van der Waals surface area (Å²) in [5.74, 6) is -0.190. The molecule has 0 heterocycles. The van der Waals surface area contributed by atoms with E-state index in [1.807, 2.05) is 6.92 Å². The number of carbonyl (C=O) groups excluding carboxylic acids is 1. The molecular formula is C12H15ClFNO. The van der Waals surface area contributed by atoms with E-state index in [9.17, 15) is 9.18 Å². The largest absolute Gasteiger partial charge is 0.330 e. The summed E-state index contributed by atoms with van der Waals surface area (Å²) >= 11 is 5.87. The van der Waals surface area contributed by atoms with Gasteiger partial charge in [0, 0.05) is 17.9 Å². The summed E-state index contributed by atoms with van der Waals surface area (Å²) in [4.78, 5) is 11.6. The fraction of sp³-hybridized carbons (Fsp3) is 0.417. The first kappa shape index (κ1) is 13.1. The molecule has 0 saturated carbocycles. The number of benzene rings is 1. The predicted octanol–water partition coefficient (Wildman–Crippen LogP) is 2.58. The smallest absolute Gasteiger partial charge is 0.137 e. The maximum absolute atomic E-state index is 12.9. The van der Waals surface area contributed by atoms with Crippen LogP contribution in [0, 0.1) is 11.7 Å². The molecule has 4 heteroatoms. The Morgan fingerprint density at radius 1 is 1.56 bits per heavy atom. The first-order valence-corrected chi connectivity index (χ1v) is 5.56. The minimum atomic E-state index is -0.376. The molecule has 0 spiro atoms. The molecule has 2 nitrogen and oxygen atoms in total. The first-order valence-electron chi connectivity index (χ1n) is 5.18. The van der Waals surface area contributed by atoms with Crippen LogP contribution in [0.1, 0.15) is 18.9 Å². The average molecular weight is 244 g/mol. The van der Waals surface area contributed by atoms with Gasteiger partial charge in [-0.05, 0) is 36.2 Å². The van der Waals surface area contributed by atoms with Crippen LogP contribution < -0.4 is 5.73 Å². The highest BCUT2D eigenvalue weighted by atomic mass is 35.5. The van der Waals surface area contributed by atoms with E-state index in [4.69, 9.17) is 17.3 Å². The summed E-state index contributed by atoms with van der Waals surface area (Å²) in [6.45, 7) is 2.38. The Labute approximate surface area is 99.6 Å². The Morgan fingerprint density at radius 3 is 2.88 bits per heavy atom. The van der Waals surface area contributed by atoms with E-state index in [-0.39, 0.29) is 23.9 Å². The Morgan fingerprint density at radius 2 is 2.25 bits per heavy atom. The SMILES string of the molecule is CC(CN)CC(=O)Cc1cc(F)ccc1Cl. The van der Waals surface area contributed by atoms with Gasteiger partial charge in [-0.3, -0.25) is 4.79 Å². The number of Topliss-reactive ketones (excluding diaryl/α,β-unsaturated/α-hetero) is 1. The highest BCUT2D eigenvalue weighted by Gasteiger charge is 2.11. The highest BCUT2D eigenvalue weighted by Crippen LogP contribution is 2.18. The Kier molecular flexibility index (Phi) is 4.90. The van der Waals surface area contributed by atoms with Gasteiger partial charge in [0.25, 0.3) is 0 Å². The van der Waals surface area contributed by atoms with Crippen molar-refractivity contribution in [3.8, 4) is 0 Å². The van der Waals surface area contributed by atoms with Crippen LogP contribution in [0.4, 0.5) is 4.39 Å². The number of ketones is 1. The summed E-state index contributed by atoms with van der Waals surface area (Å²) in [6.07, 6.45) is 0.574. The lowest BCUT2D eigenvalue weighted by Crippen LogP contribution is -2.16. The zero-order chi connectivity index (χ0) is 12.1. The van der Waals surface area contributed by atoms with Gasteiger partial charge in [0.2, 0.25) is 0 Å². The van der Waals surface area contributed by atoms with Gasteiger partial charge >= 0.3 is 0 Å². The van der Waals surface area contributed by atoms with Crippen molar-refractivity contribution in [1.82, 2.24) is 0 Å². The molecule has 0 radical (unpaired) electrons. The number of hydrogen-bond acceptors (Lipinski definition) is 2. The molecule has 1 atom stereocenters. The molecule has 1 unspecified atom stereocenters. The Hall–Kier alpha value is -0.930. The van der Waals surface area contributed by atoms with Crippen molar-refractivity contribution >= 4 is 17.4 Å². The molecule has 1 rings (SSSR count). The van der Waals surface area contributed by atoms with E-state index >= 15 is 0 Å². The van der Waals surface area contributed by atoms with Crippen molar-refractivity contribution in [1.29, 1.82) is 0 Å². The van der Waals surface area contributed by atoms with Crippen LogP contribution in [0.5, 0.6) is 0 Å². The van der Waals surface area contributed by atoms with Crippen molar-refractivity contribution in [3.63, 3.8) is 0 Å². The third kappa shape index (κ3) is 3.91. The monoisotopic (exact) mass is 243 g/mol. The van der Waals surface area contributed by atoms with Gasteiger partial charge in [0.05, 0.1) is 0 Å². The van der Waals surface area contributed by atoms with Crippen molar-refractivity contribution < 1.29 is 9.18 Å². The van der Waals surface area contributed by atoms with E-state index in [0.717, 1.165) is 0 Å². The first-order chi connectivity index (χ1) is 7.52. The summed E-state index contributed by atoms with van der Waals surface area (Å²) in [7, 11) is 0. The minimum absolute atomic E-state index is 0.0328. The maximum Gasteiger partial charge on any atom is 0.137 e. The summed E-state index contributed by atoms with van der Waals surface area (Å²) in [5, 5.41) is 0.426. The van der Waals surface area contributed by atoms with Crippen molar-refractivity contribution in [2.24, 2.45) is 11.7 Å². The molecule has 0 saturated heterocycles. The minimum Gasteiger partial charge on any atom is -0.330 e. The molecule has 0 bridgehead atoms. The van der Waals surface area contributed by atoms with Crippen LogP contribution in [0.15, 0.2) is 18.2 Å². The molecule has 2 N–H and O–H groups in total. The lowest BCUT2D eigenvalue weighted by molar-refractivity contribution is -0.119. The number of nitrogens with two attached hydrogens (primary N) is 1. The van der Waals surface area contributed by atoms with E-state index < -0.39 is 0 Å². The standard InChI is InChI=1S/C12H15ClFNO/c1-8(7-15)4-11(16)6-9-5-10(14)2-3-12(9)13/h2-3,5,8H,4,6-7,15H2,1H3. The number of carbonyl (C=O) groups is 1. The molecule has 0 aliphatic carbocycles. The molecular weight excluding hydrogens is 229 g/mol. The van der Waals surface area contributed by atoms with E-state index in [0.29, 0.717) is 23.6 Å². The molecule has 0 aliphatic heterocycles. The molecule has 0 aromatic heterocycles. The van der Waals surface area contributed by atoms with E-state index in [1.54, 1.807) is 0 Å². The molecule has 16 heavy (non-hydrogen) atoms. The maximum atomic E-state index is 12.9. The molecule has 1 aromatic rings. The summed E-state index contributed by atoms with van der Waals surface area (Å²) in [6, 6.07) is 4.04. The second-order valence-corrected chi connectivity index (χ2v) is 4.40. The number of halogens is 2. The van der Waals surface area contributed by atoms with Crippen molar-refractivity contribution in [2.75, 3.05) is 6.54 Å². The van der Waals surface area contributed by atoms with Crippen LogP contribution in [0.2, 0.25) is 5.02 Å². The normalized spacial score (nSPS) is 12.5. The molecule has 88 valence electrons. The van der Waals surface area contributed by atoms with Gasteiger partial charge < -0.3 is 5.73 Å². The lowest BCUT2D eigenvalue weighted by Gasteiger charge is -2.08. The van der Waals surface area contributed by atoms with Crippen LogP contribution in [-0.4, -0.2) is 12.3 Å². The highest BCUT2D eigenvalue weighted by molar-refractivity contribution is 6.31. The van der Waals surface area contributed by atoms with Crippen LogP contribution >= 0.6 is 11.6 Å². The summed E-state index contributed by atoms with van der Waals surface area (Å²) in [5.41, 5.74) is 5.97. The zero-order valence-electron chi connectivity index (χ0n) is 9.17. The van der Waals surface area contributed by atoms with Gasteiger partial charge in [-0.15, -0.1) is 0 Å². The van der Waals surface area contributed by atoms with E-state index in [2.05, 4.69) is 0 Å². The molecule has 0 aliphatic rings. The van der Waals surface area contributed by atoms with Gasteiger partial charge in [0.15, 0.2) is 0 Å². The van der Waals surface area contributed by atoms with E-state index in [1.165, 1.54) is 18.2 Å². The average Bonchev–Trinajstić information content (AvgIpc) is 2.23. The third-order valence-electron chi connectivity index (χ3n) is 2.37.